The summed E-state index contributed by atoms with van der Waals surface area (Å²) in [6, 6.07) is 0. The lowest BCUT2D eigenvalue weighted by molar-refractivity contribution is -0.272. The van der Waals surface area contributed by atoms with Gasteiger partial charge in [-0.25, -0.2) is 13.2 Å². The van der Waals surface area contributed by atoms with Crippen LogP contribution in [0.4, 0.5) is 13.2 Å². The van der Waals surface area contributed by atoms with Crippen molar-refractivity contribution >= 4 is 30.1 Å². The molecule has 0 saturated heterocycles. The molecule has 3 atom stereocenters. The van der Waals surface area contributed by atoms with Crippen LogP contribution in [0, 0.1) is 0 Å². The van der Waals surface area contributed by atoms with Crippen molar-refractivity contribution < 1.29 is 27.1 Å². The van der Waals surface area contributed by atoms with Crippen molar-refractivity contribution in [3.8, 4) is 0 Å². The maximum Gasteiger partial charge on any atom is 0.325 e. The van der Waals surface area contributed by atoms with Crippen LogP contribution in [-0.2, 0) is 20.9 Å². The first-order chi connectivity index (χ1) is 6.97. The van der Waals surface area contributed by atoms with Gasteiger partial charge in [-0.3, -0.25) is 4.52 Å². The molecule has 0 spiro atoms. The average molecular weight is 299 g/mol. The molecule has 0 amide bonds. The predicted molar refractivity (Wildman–Crippen MR) is 56.9 cm³/mol. The molecular weight excluding hydrogens is 288 g/mol. The first kappa shape index (κ1) is 14.7. The molecule has 0 aliphatic heterocycles. The van der Waals surface area contributed by atoms with E-state index in [0.29, 0.717) is 0 Å². The number of hydrogen-bond donors (Lipinski definition) is 1. The lowest BCUT2D eigenvalue weighted by Crippen LogP contribution is -2.70. The summed E-state index contributed by atoms with van der Waals surface area (Å²) < 4.78 is 48.6. The van der Waals surface area contributed by atoms with Gasteiger partial charge in [-0.2, -0.15) is 0 Å². The topological polar surface area (TPSA) is 38.7 Å². The second-order valence-corrected chi connectivity index (χ2v) is 6.95. The standard InChI is InChI=1S/C7H11ClF3O3PS/c1-3-13-15(12,16)14-5(2)4-6(9,10)7(5,8)11/h3-4H2,1-2H3,(H,12,16). The van der Waals surface area contributed by atoms with E-state index in [4.69, 9.17) is 16.1 Å². The molecule has 0 bridgehead atoms. The van der Waals surface area contributed by atoms with Crippen LogP contribution in [0.25, 0.3) is 0 Å². The van der Waals surface area contributed by atoms with Gasteiger partial charge in [-0.15, -0.1) is 0 Å². The molecule has 1 rings (SSSR count). The Kier molecular flexibility index (Phi) is 3.73. The third kappa shape index (κ3) is 2.26. The Bertz CT molecular complexity index is 341. The van der Waals surface area contributed by atoms with Crippen molar-refractivity contribution in [1.82, 2.24) is 0 Å². The summed E-state index contributed by atoms with van der Waals surface area (Å²) in [5.41, 5.74) is -2.04. The predicted octanol–water partition coefficient (Wildman–Crippen LogP) is 2.96. The molecule has 1 saturated carbocycles. The van der Waals surface area contributed by atoms with Gasteiger partial charge in [-0.05, 0) is 25.7 Å². The molecule has 9 heteroatoms. The van der Waals surface area contributed by atoms with Crippen LogP contribution in [0.5, 0.6) is 0 Å². The van der Waals surface area contributed by atoms with Gasteiger partial charge in [-0.1, -0.05) is 11.6 Å². The first-order valence-corrected chi connectivity index (χ1v) is 7.38. The zero-order valence-corrected chi connectivity index (χ0v) is 11.0. The van der Waals surface area contributed by atoms with Crippen LogP contribution in [0.3, 0.4) is 0 Å². The fourth-order valence-electron chi connectivity index (χ4n) is 1.46. The molecule has 0 aromatic heterocycles. The van der Waals surface area contributed by atoms with Crippen LogP contribution in [-0.4, -0.2) is 28.2 Å². The summed E-state index contributed by atoms with van der Waals surface area (Å²) in [5, 5.41) is -3.39. The maximum absolute atomic E-state index is 13.5. The van der Waals surface area contributed by atoms with E-state index < -0.39 is 29.8 Å². The zero-order chi connectivity index (χ0) is 12.8. The van der Waals surface area contributed by atoms with Gasteiger partial charge in [0.15, 0.2) is 0 Å². The number of halogens is 4. The number of alkyl halides is 4. The highest BCUT2D eigenvalue weighted by Gasteiger charge is 2.78. The van der Waals surface area contributed by atoms with Gasteiger partial charge in [0.2, 0.25) is 0 Å². The quantitative estimate of drug-likeness (QED) is 0.640. The van der Waals surface area contributed by atoms with Crippen LogP contribution < -0.4 is 0 Å². The number of hydrogen-bond acceptors (Lipinski definition) is 3. The Balaban J connectivity index is 2.81. The van der Waals surface area contributed by atoms with E-state index in [1.165, 1.54) is 6.92 Å². The van der Waals surface area contributed by atoms with Crippen LogP contribution >= 0.6 is 18.3 Å². The molecular formula is C7H11ClF3O3PS. The largest absolute Gasteiger partial charge is 0.325 e. The molecule has 3 unspecified atom stereocenters. The van der Waals surface area contributed by atoms with E-state index in [1.807, 2.05) is 0 Å². The molecule has 0 aromatic carbocycles. The zero-order valence-electron chi connectivity index (χ0n) is 8.55. The van der Waals surface area contributed by atoms with Crippen LogP contribution in [0.2, 0.25) is 0 Å². The maximum atomic E-state index is 13.5. The number of rotatable bonds is 4. The summed E-state index contributed by atoms with van der Waals surface area (Å²) in [7, 11) is 0. The molecule has 1 fully saturated rings. The van der Waals surface area contributed by atoms with Crippen molar-refractivity contribution in [3.63, 3.8) is 0 Å². The van der Waals surface area contributed by atoms with Crippen molar-refractivity contribution in [2.24, 2.45) is 0 Å². The fourth-order valence-corrected chi connectivity index (χ4v) is 3.57. The second kappa shape index (κ2) is 4.07. The minimum absolute atomic E-state index is 0.0296. The SMILES string of the molecule is CCOP(O)(=S)OC1(C)CC(F)(F)C1(F)Cl. The summed E-state index contributed by atoms with van der Waals surface area (Å²) in [6.45, 7) is -1.16. The van der Waals surface area contributed by atoms with Crippen LogP contribution in [0.1, 0.15) is 20.3 Å². The normalized spacial score (nSPS) is 41.2. The van der Waals surface area contributed by atoms with Crippen molar-refractivity contribution in [1.29, 1.82) is 0 Å². The second-order valence-electron chi connectivity index (χ2n) is 3.66. The molecule has 16 heavy (non-hydrogen) atoms. The molecule has 0 radical (unpaired) electrons. The summed E-state index contributed by atoms with van der Waals surface area (Å²) >= 11 is 9.59. The third-order valence-corrected chi connectivity index (χ3v) is 4.73. The molecule has 1 aliphatic carbocycles. The Morgan fingerprint density at radius 1 is 1.50 bits per heavy atom. The van der Waals surface area contributed by atoms with Crippen molar-refractivity contribution in [2.75, 3.05) is 6.61 Å². The summed E-state index contributed by atoms with van der Waals surface area (Å²) in [4.78, 5) is 9.43. The molecule has 1 N–H and O–H groups in total. The first-order valence-electron chi connectivity index (χ1n) is 4.41. The molecule has 1 aliphatic rings. The van der Waals surface area contributed by atoms with Gasteiger partial charge in [0.05, 0.1) is 13.0 Å². The smallest absolute Gasteiger partial charge is 0.324 e. The summed E-state index contributed by atoms with van der Waals surface area (Å²) in [6.07, 6.45) is -0.952. The van der Waals surface area contributed by atoms with E-state index in [-0.39, 0.29) is 6.61 Å². The minimum Gasteiger partial charge on any atom is -0.324 e. The van der Waals surface area contributed by atoms with Gasteiger partial charge in [0, 0.05) is 0 Å². The minimum atomic E-state index is -3.74. The van der Waals surface area contributed by atoms with E-state index in [2.05, 4.69) is 16.3 Å². The van der Waals surface area contributed by atoms with E-state index in [0.717, 1.165) is 6.92 Å². The Morgan fingerprint density at radius 3 is 2.31 bits per heavy atom. The monoisotopic (exact) mass is 298 g/mol. The van der Waals surface area contributed by atoms with Crippen LogP contribution in [0.15, 0.2) is 0 Å². The highest BCUT2D eigenvalue weighted by Crippen LogP contribution is 2.65. The fraction of sp³-hybridized carbons (Fsp3) is 1.00. The Hall–Kier alpha value is 0.610. The Morgan fingerprint density at radius 2 is 2.00 bits per heavy atom. The van der Waals surface area contributed by atoms with Gasteiger partial charge >= 0.3 is 12.6 Å². The lowest BCUT2D eigenvalue weighted by atomic mass is 9.75. The van der Waals surface area contributed by atoms with E-state index in [9.17, 15) is 18.1 Å². The third-order valence-electron chi connectivity index (χ3n) is 2.29. The van der Waals surface area contributed by atoms with Gasteiger partial charge in [0.25, 0.3) is 5.13 Å². The molecule has 0 heterocycles. The molecule has 0 aromatic rings. The highest BCUT2D eigenvalue weighted by atomic mass is 35.5. The van der Waals surface area contributed by atoms with E-state index >= 15 is 0 Å². The van der Waals surface area contributed by atoms with Gasteiger partial charge < -0.3 is 9.42 Å². The molecule has 96 valence electrons. The average Bonchev–Trinajstić information content (AvgIpc) is 2.00. The van der Waals surface area contributed by atoms with Crippen molar-refractivity contribution in [2.45, 2.75) is 36.9 Å². The molecule has 3 nitrogen and oxygen atoms in total. The van der Waals surface area contributed by atoms with Gasteiger partial charge in [0.1, 0.15) is 5.60 Å². The Labute approximate surface area is 101 Å². The summed E-state index contributed by atoms with van der Waals surface area (Å²) in [5.74, 6) is -3.70. The van der Waals surface area contributed by atoms with E-state index in [1.54, 1.807) is 0 Å². The lowest BCUT2D eigenvalue weighted by Gasteiger charge is -2.53. The highest BCUT2D eigenvalue weighted by molar-refractivity contribution is 8.07. The van der Waals surface area contributed by atoms with Crippen molar-refractivity contribution in [3.05, 3.63) is 0 Å².